The number of nitrogens with zero attached hydrogens (tertiary/aromatic N) is 5. The molecule has 6 heterocycles. The molecule has 17 rings (SSSR count). The molecule has 0 aliphatic heterocycles. The van der Waals surface area contributed by atoms with Crippen LogP contribution in [0.25, 0.3) is 163 Å². The molecule has 0 N–H and O–H groups in total. The van der Waals surface area contributed by atoms with E-state index in [9.17, 15) is 0 Å². The Labute approximate surface area is 384 Å². The number of para-hydroxylation sites is 1. The minimum absolute atomic E-state index is 0.644. The highest BCUT2D eigenvalue weighted by Gasteiger charge is 2.29. The third-order valence-corrected chi connectivity index (χ3v) is 16.1. The lowest BCUT2D eigenvalue weighted by atomic mass is 9.96. The smallest absolute Gasteiger partial charge is 0.164 e. The fraction of sp³-hybridized carbons (Fsp3) is 0. The number of thiophene rings is 1. The fourth-order valence-corrected chi connectivity index (χ4v) is 13.3. The van der Waals surface area contributed by atoms with Crippen molar-refractivity contribution in [1.82, 2.24) is 23.9 Å². The van der Waals surface area contributed by atoms with E-state index in [-0.39, 0.29) is 0 Å². The van der Waals surface area contributed by atoms with Gasteiger partial charge in [0.2, 0.25) is 0 Å². The van der Waals surface area contributed by atoms with Crippen molar-refractivity contribution in [3.8, 4) is 39.9 Å². The van der Waals surface area contributed by atoms with Crippen LogP contribution in [-0.2, 0) is 0 Å². The van der Waals surface area contributed by atoms with Gasteiger partial charge in [-0.2, -0.15) is 0 Å². The molecule has 0 atom stereocenters. The van der Waals surface area contributed by atoms with Crippen molar-refractivity contribution in [2.45, 2.75) is 0 Å². The van der Waals surface area contributed by atoms with Gasteiger partial charge in [-0.25, -0.2) is 15.0 Å². The summed E-state index contributed by atoms with van der Waals surface area (Å²) in [7, 11) is 0. The molecule has 0 fully saturated rings. The number of benzene rings is 11. The van der Waals surface area contributed by atoms with Gasteiger partial charge in [0.1, 0.15) is 0 Å². The molecule has 67 heavy (non-hydrogen) atoms. The van der Waals surface area contributed by atoms with Crippen LogP contribution in [0.2, 0.25) is 0 Å². The first-order valence-corrected chi connectivity index (χ1v) is 23.7. The predicted molar refractivity (Wildman–Crippen MR) is 282 cm³/mol. The van der Waals surface area contributed by atoms with Crippen molar-refractivity contribution in [3.63, 3.8) is 0 Å². The van der Waals surface area contributed by atoms with E-state index < -0.39 is 0 Å². The molecule has 0 spiro atoms. The quantitative estimate of drug-likeness (QED) is 0.166. The molecule has 11 aromatic carbocycles. The Morgan fingerprint density at radius 1 is 0.328 bits per heavy atom. The summed E-state index contributed by atoms with van der Waals surface area (Å²) >= 11 is 1.81. The average molecular weight is 866 g/mol. The Morgan fingerprint density at radius 3 is 1.81 bits per heavy atom. The van der Waals surface area contributed by atoms with Gasteiger partial charge in [-0.1, -0.05) is 146 Å². The summed E-state index contributed by atoms with van der Waals surface area (Å²) in [5.41, 5.74) is 10.4. The molecule has 0 radical (unpaired) electrons. The highest BCUT2D eigenvalue weighted by Crippen LogP contribution is 2.52. The van der Waals surface area contributed by atoms with E-state index in [4.69, 9.17) is 15.0 Å². The third-order valence-electron chi connectivity index (χ3n) is 15.0. The van der Waals surface area contributed by atoms with Crippen LogP contribution in [0.3, 0.4) is 0 Å². The molecule has 306 valence electrons. The van der Waals surface area contributed by atoms with Crippen LogP contribution >= 0.6 is 11.3 Å². The van der Waals surface area contributed by atoms with Crippen LogP contribution < -0.4 is 0 Å². The maximum Gasteiger partial charge on any atom is 0.164 e. The molecule has 0 saturated carbocycles. The van der Waals surface area contributed by atoms with E-state index in [0.29, 0.717) is 17.5 Å². The largest absolute Gasteiger partial charge is 0.309 e. The summed E-state index contributed by atoms with van der Waals surface area (Å²) in [6.07, 6.45) is 0. The van der Waals surface area contributed by atoms with Gasteiger partial charge in [0.15, 0.2) is 17.5 Å². The summed E-state index contributed by atoms with van der Waals surface area (Å²) in [5, 5.41) is 20.0. The number of aromatic nitrogens is 5. The van der Waals surface area contributed by atoms with Crippen LogP contribution in [0.5, 0.6) is 0 Å². The monoisotopic (exact) mass is 865 g/mol. The zero-order valence-corrected chi connectivity index (χ0v) is 36.4. The Balaban J connectivity index is 0.959. The van der Waals surface area contributed by atoms with Gasteiger partial charge < -0.3 is 8.97 Å². The second kappa shape index (κ2) is 12.1. The molecular formula is C61H31N5S. The van der Waals surface area contributed by atoms with E-state index in [2.05, 4.69) is 197 Å². The van der Waals surface area contributed by atoms with Gasteiger partial charge in [0, 0.05) is 85.3 Å². The molecular weight excluding hydrogens is 835 g/mol. The second-order valence-electron chi connectivity index (χ2n) is 18.2. The fourth-order valence-electron chi connectivity index (χ4n) is 12.2. The van der Waals surface area contributed by atoms with Crippen molar-refractivity contribution >= 4 is 134 Å². The van der Waals surface area contributed by atoms with Crippen molar-refractivity contribution < 1.29 is 0 Å². The van der Waals surface area contributed by atoms with Gasteiger partial charge in [0.25, 0.3) is 0 Å². The highest BCUT2D eigenvalue weighted by molar-refractivity contribution is 7.25. The van der Waals surface area contributed by atoms with Crippen LogP contribution in [0, 0.1) is 0 Å². The normalized spacial score (nSPS) is 12.8. The van der Waals surface area contributed by atoms with Crippen molar-refractivity contribution in [3.05, 3.63) is 188 Å². The minimum Gasteiger partial charge on any atom is -0.309 e. The molecule has 6 heteroatoms. The first-order valence-electron chi connectivity index (χ1n) is 22.9. The van der Waals surface area contributed by atoms with Crippen molar-refractivity contribution in [2.75, 3.05) is 0 Å². The van der Waals surface area contributed by atoms with Crippen LogP contribution in [0.15, 0.2) is 188 Å². The number of hydrogen-bond donors (Lipinski definition) is 0. The summed E-state index contributed by atoms with van der Waals surface area (Å²) in [5.74, 6) is 1.95. The number of fused-ring (bicyclic) bond motifs is 7. The van der Waals surface area contributed by atoms with Gasteiger partial charge in [-0.05, 0) is 69.4 Å². The van der Waals surface area contributed by atoms with Crippen LogP contribution in [0.1, 0.15) is 0 Å². The zero-order valence-electron chi connectivity index (χ0n) is 35.5. The van der Waals surface area contributed by atoms with E-state index in [1.807, 2.05) is 11.3 Å². The lowest BCUT2D eigenvalue weighted by Gasteiger charge is -2.16. The highest BCUT2D eigenvalue weighted by atomic mass is 32.1. The Kier molecular flexibility index (Phi) is 6.28. The second-order valence-corrected chi connectivity index (χ2v) is 19.3. The zero-order chi connectivity index (χ0) is 43.2. The summed E-state index contributed by atoms with van der Waals surface area (Å²) in [6, 6.07) is 69.0. The van der Waals surface area contributed by atoms with Crippen molar-refractivity contribution in [2.24, 2.45) is 0 Å². The maximum absolute atomic E-state index is 5.44. The van der Waals surface area contributed by atoms with Crippen LogP contribution in [0.4, 0.5) is 0 Å². The first-order chi connectivity index (χ1) is 33.2. The molecule has 0 saturated heterocycles. The Hall–Kier alpha value is -8.71. The Morgan fingerprint density at radius 2 is 0.925 bits per heavy atom. The summed E-state index contributed by atoms with van der Waals surface area (Å²) < 4.78 is 7.59. The third kappa shape index (κ3) is 4.28. The van der Waals surface area contributed by atoms with Gasteiger partial charge >= 0.3 is 0 Å². The van der Waals surface area contributed by atoms with Gasteiger partial charge in [-0.15, -0.1) is 11.3 Å². The summed E-state index contributed by atoms with van der Waals surface area (Å²) in [6.45, 7) is 0. The summed E-state index contributed by atoms with van der Waals surface area (Å²) in [4.78, 5) is 16.1. The van der Waals surface area contributed by atoms with E-state index in [1.165, 1.54) is 107 Å². The molecule has 0 bridgehead atoms. The van der Waals surface area contributed by atoms with E-state index >= 15 is 0 Å². The number of hydrogen-bond acceptors (Lipinski definition) is 4. The topological polar surface area (TPSA) is 48.0 Å². The molecule has 0 amide bonds. The molecule has 5 nitrogen and oxygen atoms in total. The molecule has 6 aromatic heterocycles. The average Bonchev–Trinajstić information content (AvgIpc) is 4.11. The van der Waals surface area contributed by atoms with Gasteiger partial charge in [0.05, 0.1) is 33.3 Å². The lowest BCUT2D eigenvalue weighted by Crippen LogP contribution is -2.02. The predicted octanol–water partition coefficient (Wildman–Crippen LogP) is 16.4. The molecule has 0 aliphatic rings. The maximum atomic E-state index is 5.44. The van der Waals surface area contributed by atoms with Crippen molar-refractivity contribution in [1.29, 1.82) is 0 Å². The Bertz CT molecular complexity index is 4940. The standard InChI is InChI=1S/C61H31N5S/c1-2-10-35-31-36(22-19-32(35)9-1)59-62-60(64-61(63-59)45-16-8-18-50-53(45)44-13-5-6-17-49(44)67-50)43-27-29-46(38-12-4-3-11-37(38)43)65-47-28-24-33-20-21-34-23-25-41-39-14-7-15-40-42-26-30-48(65)55-54(47)51(33)52(34)57(41)66(56(39)40)58(42)55/h1-31H. The van der Waals surface area contributed by atoms with Gasteiger partial charge in [-0.3, -0.25) is 0 Å². The minimum atomic E-state index is 0.644. The molecule has 17 aromatic rings. The SMILES string of the molecule is c1ccc2cc(-c3nc(-c4ccc(-n5c6ccc7ccc8ccc9c%10cccc%11c%12ccc5c5c6c7c8c9n(c%10%11)c%125)c5ccccc45)nc(-c4cccc5sc6ccccc6c45)n3)ccc2c1. The van der Waals surface area contributed by atoms with E-state index in [1.54, 1.807) is 0 Å². The lowest BCUT2D eigenvalue weighted by molar-refractivity contribution is 1.08. The first kappa shape index (κ1) is 34.7. The molecule has 0 aliphatic carbocycles. The van der Waals surface area contributed by atoms with Crippen LogP contribution in [-0.4, -0.2) is 23.9 Å². The molecule has 0 unspecified atom stereocenters. The van der Waals surface area contributed by atoms with E-state index in [0.717, 1.165) is 38.5 Å². The number of rotatable bonds is 4.